The van der Waals surface area contributed by atoms with Gasteiger partial charge in [-0.3, -0.25) is 9.59 Å². The maximum Gasteiger partial charge on any atom is 0.407 e. The number of nitrogens with one attached hydrogen (secondary N) is 4. The monoisotopic (exact) mass is 836 g/mol. The highest BCUT2D eigenvalue weighted by molar-refractivity contribution is 5.91. The van der Waals surface area contributed by atoms with E-state index in [2.05, 4.69) is 86.8 Å². The van der Waals surface area contributed by atoms with E-state index in [9.17, 15) is 19.2 Å². The van der Waals surface area contributed by atoms with Gasteiger partial charge in [0, 0.05) is 18.7 Å². The predicted molar refractivity (Wildman–Crippen MR) is 237 cm³/mol. The highest BCUT2D eigenvalue weighted by atomic mass is 16.5. The smallest absolute Gasteiger partial charge is 0.407 e. The molecule has 3 heterocycles. The summed E-state index contributed by atoms with van der Waals surface area (Å²) in [5.41, 5.74) is 7.19. The second-order valence-corrected chi connectivity index (χ2v) is 16.0. The number of likely N-dealkylation sites (tertiary alicyclic amines) is 1. The second kappa shape index (κ2) is 19.0. The fourth-order valence-electron chi connectivity index (χ4n) is 7.88. The summed E-state index contributed by atoms with van der Waals surface area (Å²) in [5.74, 6) is 0.685. The molecule has 62 heavy (non-hydrogen) atoms. The van der Waals surface area contributed by atoms with E-state index < -0.39 is 24.3 Å². The van der Waals surface area contributed by atoms with E-state index >= 15 is 0 Å². The molecule has 7 rings (SSSR count). The first-order valence-electron chi connectivity index (χ1n) is 20.6. The Balaban J connectivity index is 1.03. The van der Waals surface area contributed by atoms with Crippen molar-refractivity contribution in [3.63, 3.8) is 0 Å². The number of carbonyl (C=O) groups excluding carboxylic acids is 4. The molecule has 320 valence electrons. The maximum absolute atomic E-state index is 13.9. The van der Waals surface area contributed by atoms with Crippen molar-refractivity contribution in [2.75, 3.05) is 27.3 Å². The van der Waals surface area contributed by atoms with Crippen LogP contribution in [0.5, 0.6) is 0 Å². The molecule has 0 spiro atoms. The summed E-state index contributed by atoms with van der Waals surface area (Å²) in [6, 6.07) is 28.2. The molecule has 0 bridgehead atoms. The van der Waals surface area contributed by atoms with Crippen molar-refractivity contribution in [1.82, 2.24) is 40.4 Å². The van der Waals surface area contributed by atoms with E-state index in [1.165, 1.54) is 14.2 Å². The first-order valence-corrected chi connectivity index (χ1v) is 20.6. The molecular weight excluding hydrogens is 785 g/mol. The highest BCUT2D eigenvalue weighted by Crippen LogP contribution is 2.35. The fourth-order valence-corrected chi connectivity index (χ4v) is 7.88. The van der Waals surface area contributed by atoms with Crippen LogP contribution in [0.1, 0.15) is 62.9 Å². The minimum atomic E-state index is -0.884. The molecule has 0 saturated carbocycles. The Bertz CT molecular complexity index is 2570. The van der Waals surface area contributed by atoms with Crippen LogP contribution < -0.4 is 10.6 Å². The zero-order valence-corrected chi connectivity index (χ0v) is 35.6. The molecule has 1 aliphatic rings. The minimum absolute atomic E-state index is 0.162. The van der Waals surface area contributed by atoms with Gasteiger partial charge in [-0.25, -0.2) is 19.6 Å². The molecule has 4 aromatic carbocycles. The van der Waals surface area contributed by atoms with Crippen LogP contribution >= 0.6 is 0 Å². The van der Waals surface area contributed by atoms with Gasteiger partial charge in [-0.15, -0.1) is 0 Å². The number of amides is 4. The number of fused-ring (bicyclic) bond motifs is 1. The third kappa shape index (κ3) is 9.70. The summed E-state index contributed by atoms with van der Waals surface area (Å²) < 4.78 is 9.59. The topological polar surface area (TPSA) is 175 Å². The second-order valence-electron chi connectivity index (χ2n) is 16.0. The van der Waals surface area contributed by atoms with Crippen molar-refractivity contribution in [2.45, 2.75) is 58.3 Å². The van der Waals surface area contributed by atoms with E-state index in [4.69, 9.17) is 14.5 Å². The van der Waals surface area contributed by atoms with Gasteiger partial charge in [-0.2, -0.15) is 0 Å². The van der Waals surface area contributed by atoms with E-state index in [1.54, 1.807) is 22.2 Å². The van der Waals surface area contributed by atoms with Crippen LogP contribution in [-0.2, 0) is 25.6 Å². The first-order chi connectivity index (χ1) is 29.9. The van der Waals surface area contributed by atoms with Gasteiger partial charge in [0.2, 0.25) is 5.91 Å². The van der Waals surface area contributed by atoms with Crippen molar-refractivity contribution in [3.8, 4) is 33.6 Å². The maximum atomic E-state index is 13.9. The Hall–Kier alpha value is -7.22. The molecule has 1 saturated heterocycles. The number of hydrogen-bond acceptors (Lipinski definition) is 8. The number of hydrogen-bond donors (Lipinski definition) is 4. The van der Waals surface area contributed by atoms with Crippen molar-refractivity contribution in [3.05, 3.63) is 133 Å². The van der Waals surface area contributed by atoms with Gasteiger partial charge in [0.15, 0.2) is 0 Å². The summed E-state index contributed by atoms with van der Waals surface area (Å²) in [6.07, 6.45) is 3.79. The summed E-state index contributed by atoms with van der Waals surface area (Å²) in [4.78, 5) is 71.3. The average Bonchev–Trinajstić information content (AvgIpc) is 4.08. The summed E-state index contributed by atoms with van der Waals surface area (Å²) in [6.45, 7) is 10.7. The lowest BCUT2D eigenvalue weighted by molar-refractivity contribution is -0.135. The number of benzene rings is 4. The van der Waals surface area contributed by atoms with Crippen molar-refractivity contribution in [2.24, 2.45) is 5.92 Å². The van der Waals surface area contributed by atoms with Crippen LogP contribution in [0.25, 0.3) is 44.4 Å². The largest absolute Gasteiger partial charge is 0.453 e. The third-order valence-electron chi connectivity index (χ3n) is 11.1. The Morgan fingerprint density at radius 2 is 1.42 bits per heavy atom. The Kier molecular flexibility index (Phi) is 13.1. The van der Waals surface area contributed by atoms with E-state index in [0.29, 0.717) is 30.3 Å². The van der Waals surface area contributed by atoms with Crippen LogP contribution in [0.4, 0.5) is 9.59 Å². The number of rotatable bonds is 14. The molecule has 0 aliphatic carbocycles. The van der Waals surface area contributed by atoms with Gasteiger partial charge in [-0.1, -0.05) is 105 Å². The van der Waals surface area contributed by atoms with E-state index in [-0.39, 0.29) is 30.3 Å². The van der Waals surface area contributed by atoms with Gasteiger partial charge in [0.05, 0.1) is 50.6 Å². The Morgan fingerprint density at radius 3 is 2.10 bits per heavy atom. The van der Waals surface area contributed by atoms with Crippen LogP contribution in [0.3, 0.4) is 0 Å². The molecule has 14 nitrogen and oxygen atoms in total. The minimum Gasteiger partial charge on any atom is -0.453 e. The molecule has 2 aromatic heterocycles. The average molecular weight is 837 g/mol. The van der Waals surface area contributed by atoms with E-state index in [1.807, 2.05) is 57.2 Å². The molecule has 3 unspecified atom stereocenters. The zero-order chi connectivity index (χ0) is 43.9. The van der Waals surface area contributed by atoms with Gasteiger partial charge in [0.25, 0.3) is 5.91 Å². The highest BCUT2D eigenvalue weighted by Gasteiger charge is 2.37. The van der Waals surface area contributed by atoms with Crippen molar-refractivity contribution < 1.29 is 28.7 Å². The lowest BCUT2D eigenvalue weighted by Crippen LogP contribution is -2.51. The van der Waals surface area contributed by atoms with Gasteiger partial charge >= 0.3 is 12.2 Å². The lowest BCUT2D eigenvalue weighted by Gasteiger charge is -2.29. The lowest BCUT2D eigenvalue weighted by atomic mass is 9.98. The van der Waals surface area contributed by atoms with Crippen molar-refractivity contribution in [1.29, 1.82) is 0 Å². The zero-order valence-electron chi connectivity index (χ0n) is 35.6. The molecule has 4 N–H and O–H groups in total. The third-order valence-corrected chi connectivity index (χ3v) is 11.1. The molecule has 0 radical (unpaired) electrons. The van der Waals surface area contributed by atoms with Crippen LogP contribution in [-0.4, -0.2) is 87.1 Å². The summed E-state index contributed by atoms with van der Waals surface area (Å²) >= 11 is 0. The van der Waals surface area contributed by atoms with Crippen LogP contribution in [0.15, 0.2) is 116 Å². The SMILES string of the molecule is C=C(C)CN(Cc1ncc(-c2ccc3cc(-c4ccc(-c5cnc(C6CCCN6C(=O)C(NC(=O)OC)c6ccccc6)[nH]5)cc4)ccc3c2)[nH]1)C(=O)C(NC(=O)OC)C(C)C. The molecule has 4 amide bonds. The number of aromatic amines is 2. The Morgan fingerprint density at radius 1 is 0.806 bits per heavy atom. The van der Waals surface area contributed by atoms with Crippen molar-refractivity contribution >= 4 is 34.8 Å². The molecule has 1 fully saturated rings. The number of nitrogens with zero attached hydrogens (tertiary/aromatic N) is 4. The molecular formula is C48H52N8O6. The van der Waals surface area contributed by atoms with Crippen LogP contribution in [0.2, 0.25) is 0 Å². The standard InChI is InChI=1S/C48H52N8O6/c1-29(2)27-55(45(57)42(30(3)4)53-47(59)61-5)28-41-49-25-39(51-41)37-21-20-35-23-34(18-19-36(35)24-37)31-14-16-32(17-15-31)38-26-50-44(52-38)40-13-10-22-56(40)46(58)43(54-48(60)62-6)33-11-8-7-9-12-33/h7-9,11-12,14-21,23-26,30,40,42-43H,1,10,13,22,27-28H2,2-6H3,(H,49,51)(H,50,52)(H,53,59)(H,54,60). The van der Waals surface area contributed by atoms with Gasteiger partial charge in [0.1, 0.15) is 23.7 Å². The number of imidazole rings is 2. The molecule has 3 atom stereocenters. The number of ether oxygens (including phenoxy) is 2. The number of carbonyl (C=O) groups is 4. The molecule has 14 heteroatoms. The van der Waals surface area contributed by atoms with Gasteiger partial charge < -0.3 is 39.9 Å². The first kappa shape index (κ1) is 42.9. The summed E-state index contributed by atoms with van der Waals surface area (Å²) in [7, 11) is 2.55. The predicted octanol–water partition coefficient (Wildman–Crippen LogP) is 8.33. The number of H-pyrrole nitrogens is 2. The normalized spacial score (nSPS) is 14.6. The summed E-state index contributed by atoms with van der Waals surface area (Å²) in [5, 5.41) is 7.52. The Labute approximate surface area is 360 Å². The number of methoxy groups -OCH3 is 2. The number of alkyl carbamates (subject to hydrolysis) is 2. The van der Waals surface area contributed by atoms with Gasteiger partial charge in [-0.05, 0) is 70.8 Å². The molecule has 1 aliphatic heterocycles. The van der Waals surface area contributed by atoms with E-state index in [0.717, 1.165) is 62.8 Å². The van der Waals surface area contributed by atoms with Crippen LogP contribution in [0, 0.1) is 5.92 Å². The fraction of sp³-hybridized carbons (Fsp3) is 0.292. The number of aromatic nitrogens is 4. The quantitative estimate of drug-likeness (QED) is 0.0793. The molecule has 6 aromatic rings.